The first-order valence-electron chi connectivity index (χ1n) is 5.82. The summed E-state index contributed by atoms with van der Waals surface area (Å²) in [5, 5.41) is 24.6. The third-order valence-electron chi connectivity index (χ3n) is 2.03. The molecule has 1 atom stereocenters. The Morgan fingerprint density at radius 1 is 1.11 bits per heavy atom. The molecule has 108 valence electrons. The van der Waals surface area contributed by atoms with E-state index in [0.717, 1.165) is 31.6 Å². The minimum Gasteiger partial charge on any atom is -0.481 e. The van der Waals surface area contributed by atoms with Crippen LogP contribution in [0.4, 0.5) is 0 Å². The Morgan fingerprint density at radius 2 is 1.67 bits per heavy atom. The van der Waals surface area contributed by atoms with Crippen LogP contribution in [0.3, 0.4) is 0 Å². The molecule has 6 nitrogen and oxygen atoms in total. The molecular formula is C11H22ClNO5. The van der Waals surface area contributed by atoms with E-state index in [1.165, 1.54) is 0 Å². The van der Waals surface area contributed by atoms with Gasteiger partial charge in [-0.3, -0.25) is 9.59 Å². The van der Waals surface area contributed by atoms with Gasteiger partial charge < -0.3 is 21.1 Å². The predicted octanol–water partition coefficient (Wildman–Crippen LogP) is 1.04. The van der Waals surface area contributed by atoms with E-state index in [-0.39, 0.29) is 12.8 Å². The van der Waals surface area contributed by atoms with Gasteiger partial charge in [-0.25, -0.2) is 0 Å². The smallest absolute Gasteiger partial charge is 0.320 e. The van der Waals surface area contributed by atoms with E-state index in [0.29, 0.717) is 6.61 Å². The van der Waals surface area contributed by atoms with Crippen molar-refractivity contribution < 1.29 is 24.9 Å². The van der Waals surface area contributed by atoms with E-state index >= 15 is 0 Å². The number of alkyl halides is 1. The average molecular weight is 284 g/mol. The van der Waals surface area contributed by atoms with Crippen LogP contribution in [0.1, 0.15) is 38.5 Å². The number of hydrogen-bond acceptors (Lipinski definition) is 4. The maximum Gasteiger partial charge on any atom is 0.320 e. The summed E-state index contributed by atoms with van der Waals surface area (Å²) in [6.45, 7) is 0.322. The number of nitrogens with two attached hydrogens (primary N) is 1. The Labute approximate surface area is 112 Å². The Bertz CT molecular complexity index is 219. The highest BCUT2D eigenvalue weighted by Gasteiger charge is 2.12. The molecule has 0 radical (unpaired) electrons. The molecule has 0 spiro atoms. The summed E-state index contributed by atoms with van der Waals surface area (Å²) in [6, 6.07) is -1.06. The normalized spacial score (nSPS) is 11.3. The zero-order valence-corrected chi connectivity index (χ0v) is 11.1. The van der Waals surface area contributed by atoms with Crippen molar-refractivity contribution in [3.8, 4) is 0 Å². The van der Waals surface area contributed by atoms with Crippen molar-refractivity contribution in [2.75, 3.05) is 12.5 Å². The maximum absolute atomic E-state index is 9.99. The Morgan fingerprint density at radius 3 is 2.06 bits per heavy atom. The molecule has 0 aliphatic carbocycles. The highest BCUT2D eigenvalue weighted by atomic mass is 35.5. The van der Waals surface area contributed by atoms with Gasteiger partial charge in [0.2, 0.25) is 0 Å². The van der Waals surface area contributed by atoms with Gasteiger partial charge in [0.25, 0.3) is 0 Å². The fraction of sp³-hybridized carbons (Fsp3) is 0.818. The lowest BCUT2D eigenvalue weighted by atomic mass is 10.2. The summed E-state index contributed by atoms with van der Waals surface area (Å²) in [5.41, 5.74) is 5.00. The number of halogens is 1. The summed E-state index contributed by atoms with van der Waals surface area (Å²) in [6.07, 6.45) is 4.06. The summed E-state index contributed by atoms with van der Waals surface area (Å²) >= 11 is 5.42. The third-order valence-corrected chi connectivity index (χ3v) is 2.30. The molecule has 0 bridgehead atoms. The van der Waals surface area contributed by atoms with Crippen molar-refractivity contribution in [2.24, 2.45) is 5.73 Å². The predicted molar refractivity (Wildman–Crippen MR) is 68.8 cm³/mol. The van der Waals surface area contributed by atoms with Crippen LogP contribution in [0.2, 0.25) is 0 Å². The number of carbonyl (C=O) groups is 2. The van der Waals surface area contributed by atoms with Gasteiger partial charge in [-0.05, 0) is 19.3 Å². The Kier molecular flexibility index (Phi) is 15.4. The van der Waals surface area contributed by atoms with Crippen LogP contribution in [0, 0.1) is 0 Å². The lowest BCUT2D eigenvalue weighted by Gasteiger charge is -2.01. The number of aliphatic hydroxyl groups excluding tert-OH is 1. The Hall–Kier alpha value is -0.850. The van der Waals surface area contributed by atoms with E-state index in [1.54, 1.807) is 0 Å². The number of carboxylic acid groups (broad SMARTS) is 2. The highest BCUT2D eigenvalue weighted by molar-refractivity contribution is 6.17. The fourth-order valence-electron chi connectivity index (χ4n) is 0.962. The second kappa shape index (κ2) is 14.2. The Balaban J connectivity index is 0. The lowest BCUT2D eigenvalue weighted by Crippen LogP contribution is -2.30. The van der Waals surface area contributed by atoms with Crippen LogP contribution in [0.25, 0.3) is 0 Å². The molecule has 0 aliphatic heterocycles. The lowest BCUT2D eigenvalue weighted by molar-refractivity contribution is -0.139. The number of rotatable bonds is 9. The molecule has 7 heteroatoms. The topological polar surface area (TPSA) is 121 Å². The quantitative estimate of drug-likeness (QED) is 0.371. The number of hydrogen-bond donors (Lipinski definition) is 4. The van der Waals surface area contributed by atoms with E-state index in [9.17, 15) is 9.59 Å². The van der Waals surface area contributed by atoms with E-state index in [1.807, 2.05) is 0 Å². The van der Waals surface area contributed by atoms with E-state index in [2.05, 4.69) is 0 Å². The van der Waals surface area contributed by atoms with Crippen molar-refractivity contribution in [2.45, 2.75) is 44.6 Å². The molecule has 0 saturated carbocycles. The number of carboxylic acids is 2. The molecule has 0 heterocycles. The number of aliphatic hydroxyl groups is 1. The average Bonchev–Trinajstić information content (AvgIpc) is 2.32. The van der Waals surface area contributed by atoms with E-state index in [4.69, 9.17) is 32.7 Å². The minimum absolute atomic E-state index is 0.0231. The largest absolute Gasteiger partial charge is 0.481 e. The van der Waals surface area contributed by atoms with Gasteiger partial charge in [-0.2, -0.15) is 0 Å². The second-order valence-corrected chi connectivity index (χ2v) is 4.08. The van der Waals surface area contributed by atoms with Crippen molar-refractivity contribution in [3.63, 3.8) is 0 Å². The molecule has 0 aliphatic rings. The van der Waals surface area contributed by atoms with Crippen LogP contribution >= 0.6 is 11.6 Å². The highest BCUT2D eigenvalue weighted by Crippen LogP contribution is 1.99. The molecule has 0 rings (SSSR count). The molecule has 18 heavy (non-hydrogen) atoms. The van der Waals surface area contributed by atoms with Crippen molar-refractivity contribution >= 4 is 23.5 Å². The third kappa shape index (κ3) is 17.5. The molecule has 1 unspecified atom stereocenters. The minimum atomic E-state index is -1.17. The van der Waals surface area contributed by atoms with Crippen LogP contribution in [-0.4, -0.2) is 45.8 Å². The van der Waals surface area contributed by atoms with Gasteiger partial charge in [0, 0.05) is 18.9 Å². The molecule has 0 saturated heterocycles. The molecule has 0 fully saturated rings. The van der Waals surface area contributed by atoms with Gasteiger partial charge in [-0.15, -0.1) is 11.6 Å². The maximum atomic E-state index is 9.99. The fourth-order valence-corrected chi connectivity index (χ4v) is 1.15. The van der Waals surface area contributed by atoms with Gasteiger partial charge >= 0.3 is 11.9 Å². The molecular weight excluding hydrogens is 262 g/mol. The van der Waals surface area contributed by atoms with Crippen molar-refractivity contribution in [1.82, 2.24) is 0 Å². The first kappa shape index (κ1) is 19.5. The van der Waals surface area contributed by atoms with Gasteiger partial charge in [0.05, 0.1) is 0 Å². The summed E-state index contributed by atoms with van der Waals surface area (Å²) in [5.74, 6) is -1.44. The summed E-state index contributed by atoms with van der Waals surface area (Å²) in [7, 11) is 0. The monoisotopic (exact) mass is 283 g/mol. The van der Waals surface area contributed by atoms with Crippen molar-refractivity contribution in [1.29, 1.82) is 0 Å². The standard InChI is InChI=1S/C6H13ClO.C5H9NO4/c7-5-3-1-2-4-6-8;6-3(5(9)10)1-2-4(7)8/h8H,1-6H2;3H,1-2,6H2,(H,7,8)(H,9,10). The molecule has 0 aromatic heterocycles. The van der Waals surface area contributed by atoms with Crippen LogP contribution in [0.5, 0.6) is 0 Å². The zero-order valence-electron chi connectivity index (χ0n) is 10.3. The van der Waals surface area contributed by atoms with Crippen LogP contribution in [0.15, 0.2) is 0 Å². The summed E-state index contributed by atoms with van der Waals surface area (Å²) < 4.78 is 0. The molecule has 5 N–H and O–H groups in total. The van der Waals surface area contributed by atoms with Gasteiger partial charge in [-0.1, -0.05) is 12.8 Å². The number of unbranched alkanes of at least 4 members (excludes halogenated alkanes) is 3. The second-order valence-electron chi connectivity index (χ2n) is 3.70. The van der Waals surface area contributed by atoms with Crippen molar-refractivity contribution in [3.05, 3.63) is 0 Å². The van der Waals surface area contributed by atoms with Crippen LogP contribution in [-0.2, 0) is 9.59 Å². The zero-order chi connectivity index (χ0) is 14.4. The number of aliphatic carboxylic acids is 2. The molecule has 0 aromatic carbocycles. The van der Waals surface area contributed by atoms with Gasteiger partial charge in [0.15, 0.2) is 0 Å². The van der Waals surface area contributed by atoms with E-state index < -0.39 is 18.0 Å². The van der Waals surface area contributed by atoms with Gasteiger partial charge in [0.1, 0.15) is 6.04 Å². The van der Waals surface area contributed by atoms with Crippen LogP contribution < -0.4 is 5.73 Å². The molecule has 0 amide bonds. The SMILES string of the molecule is NC(CCC(=O)O)C(=O)O.OCCCCCCCl. The molecule has 0 aromatic rings. The summed E-state index contributed by atoms with van der Waals surface area (Å²) in [4.78, 5) is 19.9. The first-order valence-corrected chi connectivity index (χ1v) is 6.36. The first-order chi connectivity index (χ1) is 8.45.